The monoisotopic (exact) mass is 345 g/mol. The number of hydrogen-bond donors (Lipinski definition) is 1. The Hall–Kier alpha value is -1.79. The van der Waals surface area contributed by atoms with Gasteiger partial charge < -0.3 is 9.63 Å². The van der Waals surface area contributed by atoms with Crippen LogP contribution in [0.2, 0.25) is 0 Å². The summed E-state index contributed by atoms with van der Waals surface area (Å²) in [5, 5.41) is 14.2. The van der Waals surface area contributed by atoms with Crippen molar-refractivity contribution in [2.45, 2.75) is 63.6 Å². The molecule has 5 nitrogen and oxygen atoms in total. The van der Waals surface area contributed by atoms with Crippen molar-refractivity contribution in [3.8, 4) is 11.4 Å². The minimum Gasteiger partial charge on any atom is -0.392 e. The number of benzene rings is 1. The molecule has 25 heavy (non-hydrogen) atoms. The minimum atomic E-state index is -0.362. The third-order valence-corrected chi connectivity index (χ3v) is 5.52. The van der Waals surface area contributed by atoms with Gasteiger partial charge in [-0.15, -0.1) is 0 Å². The van der Waals surface area contributed by atoms with E-state index in [0.717, 1.165) is 12.8 Å². The fourth-order valence-electron chi connectivity index (χ4n) is 4.12. The molecule has 2 aliphatic rings. The topological polar surface area (TPSA) is 62.4 Å². The van der Waals surface area contributed by atoms with Gasteiger partial charge in [-0.1, -0.05) is 36.6 Å². The molecule has 134 valence electrons. The summed E-state index contributed by atoms with van der Waals surface area (Å²) < 4.78 is 19.3. The lowest BCUT2D eigenvalue weighted by Gasteiger charge is -2.33. The van der Waals surface area contributed by atoms with E-state index in [2.05, 4.69) is 15.0 Å². The molecule has 0 unspecified atom stereocenters. The fourth-order valence-corrected chi connectivity index (χ4v) is 4.12. The van der Waals surface area contributed by atoms with Crippen LogP contribution in [0.25, 0.3) is 11.4 Å². The Balaban J connectivity index is 1.58. The Morgan fingerprint density at radius 2 is 2.04 bits per heavy atom. The lowest BCUT2D eigenvalue weighted by atomic mass is 9.94. The van der Waals surface area contributed by atoms with E-state index in [0.29, 0.717) is 41.8 Å². The maximum Gasteiger partial charge on any atom is 0.244 e. The van der Waals surface area contributed by atoms with E-state index < -0.39 is 0 Å². The van der Waals surface area contributed by atoms with Crippen LogP contribution in [0.5, 0.6) is 0 Å². The average molecular weight is 345 g/mol. The largest absolute Gasteiger partial charge is 0.392 e. The highest BCUT2D eigenvalue weighted by atomic mass is 19.1. The van der Waals surface area contributed by atoms with Gasteiger partial charge in [-0.25, -0.2) is 4.39 Å². The molecule has 2 aromatic rings. The summed E-state index contributed by atoms with van der Waals surface area (Å²) in [6.07, 6.45) is 6.34. The molecule has 2 heterocycles. The molecule has 1 saturated heterocycles. The van der Waals surface area contributed by atoms with Crippen molar-refractivity contribution in [2.75, 3.05) is 6.54 Å². The first-order valence-corrected chi connectivity index (χ1v) is 9.16. The molecule has 1 aromatic carbocycles. The Labute approximate surface area is 146 Å². The van der Waals surface area contributed by atoms with Crippen molar-refractivity contribution >= 4 is 0 Å². The molecule has 0 amide bonds. The number of rotatable bonds is 3. The van der Waals surface area contributed by atoms with E-state index in [1.807, 2.05) is 0 Å². The van der Waals surface area contributed by atoms with Gasteiger partial charge in [0.1, 0.15) is 5.82 Å². The average Bonchev–Trinajstić information content (AvgIpc) is 3.25. The number of aliphatic hydroxyl groups excluding tert-OH is 1. The van der Waals surface area contributed by atoms with E-state index in [4.69, 9.17) is 4.52 Å². The van der Waals surface area contributed by atoms with Gasteiger partial charge in [-0.05, 0) is 37.8 Å². The molecule has 0 radical (unpaired) electrons. The highest BCUT2D eigenvalue weighted by molar-refractivity contribution is 5.55. The van der Waals surface area contributed by atoms with Crippen LogP contribution in [0.3, 0.4) is 0 Å². The second kappa shape index (κ2) is 6.84. The third-order valence-electron chi connectivity index (χ3n) is 5.52. The maximum atomic E-state index is 13.8. The number of hydrogen-bond acceptors (Lipinski definition) is 5. The molecule has 0 spiro atoms. The summed E-state index contributed by atoms with van der Waals surface area (Å²) in [4.78, 5) is 6.85. The smallest absolute Gasteiger partial charge is 0.244 e. The van der Waals surface area contributed by atoms with Gasteiger partial charge in [0.25, 0.3) is 0 Å². The van der Waals surface area contributed by atoms with Gasteiger partial charge in [-0.2, -0.15) is 4.98 Å². The predicted octanol–water partition coefficient (Wildman–Crippen LogP) is 3.62. The lowest BCUT2D eigenvalue weighted by Crippen LogP contribution is -2.37. The normalized spacial score (nSPS) is 25.6. The van der Waals surface area contributed by atoms with Crippen molar-refractivity contribution in [1.29, 1.82) is 0 Å². The van der Waals surface area contributed by atoms with Gasteiger partial charge in [0.15, 0.2) is 0 Å². The molecule has 1 aliphatic heterocycles. The van der Waals surface area contributed by atoms with Gasteiger partial charge in [0, 0.05) is 18.2 Å². The summed E-state index contributed by atoms with van der Waals surface area (Å²) in [5.41, 5.74) is 1.20. The SMILES string of the molecule is Cc1ccc(-c2noc([C@@H]3C[C@@H](O)CN3C3CCCCC3)n2)cc1F. The molecule has 2 fully saturated rings. The zero-order valence-corrected chi connectivity index (χ0v) is 14.5. The van der Waals surface area contributed by atoms with Crippen LogP contribution < -0.4 is 0 Å². The standard InChI is InChI=1S/C19H24FN3O2/c1-12-7-8-13(9-16(12)20)18-21-19(25-22-18)17-10-15(24)11-23(17)14-5-3-2-4-6-14/h7-9,14-15,17,24H,2-6,10-11H2,1H3/t15-,17+/m1/s1. The molecule has 1 saturated carbocycles. The molecule has 6 heteroatoms. The number of likely N-dealkylation sites (tertiary alicyclic amines) is 1. The van der Waals surface area contributed by atoms with Crippen molar-refractivity contribution in [3.05, 3.63) is 35.5 Å². The number of aryl methyl sites for hydroxylation is 1. The number of β-amino-alcohol motifs (C(OH)–C–C–N with tert-alkyl or cyclic N) is 1. The summed E-state index contributed by atoms with van der Waals surface area (Å²) in [7, 11) is 0. The van der Waals surface area contributed by atoms with Gasteiger partial charge in [-0.3, -0.25) is 4.90 Å². The van der Waals surface area contributed by atoms with E-state index >= 15 is 0 Å². The Morgan fingerprint density at radius 3 is 2.80 bits per heavy atom. The van der Waals surface area contributed by atoms with Crippen molar-refractivity contribution in [3.63, 3.8) is 0 Å². The number of aliphatic hydroxyl groups is 1. The first-order valence-electron chi connectivity index (χ1n) is 9.16. The summed E-state index contributed by atoms with van der Waals surface area (Å²) in [5.74, 6) is 0.654. The molecule has 4 rings (SSSR count). The summed E-state index contributed by atoms with van der Waals surface area (Å²) >= 11 is 0. The molecular weight excluding hydrogens is 321 g/mol. The molecule has 0 bridgehead atoms. The van der Waals surface area contributed by atoms with Crippen LogP contribution in [-0.2, 0) is 0 Å². The molecular formula is C19H24FN3O2. The Bertz CT molecular complexity index is 742. The number of halogens is 1. The summed E-state index contributed by atoms with van der Waals surface area (Å²) in [6, 6.07) is 5.38. The van der Waals surface area contributed by atoms with E-state index in [-0.39, 0.29) is 18.0 Å². The minimum absolute atomic E-state index is 0.0466. The van der Waals surface area contributed by atoms with Gasteiger partial charge >= 0.3 is 0 Å². The number of nitrogens with zero attached hydrogens (tertiary/aromatic N) is 3. The summed E-state index contributed by atoms with van der Waals surface area (Å²) in [6.45, 7) is 2.38. The maximum absolute atomic E-state index is 13.8. The van der Waals surface area contributed by atoms with Crippen molar-refractivity contribution in [1.82, 2.24) is 15.0 Å². The van der Waals surface area contributed by atoms with Crippen LogP contribution in [0.4, 0.5) is 4.39 Å². The van der Waals surface area contributed by atoms with Crippen LogP contribution in [0, 0.1) is 12.7 Å². The van der Waals surface area contributed by atoms with E-state index in [1.165, 1.54) is 25.3 Å². The molecule has 1 aromatic heterocycles. The zero-order valence-electron chi connectivity index (χ0n) is 14.5. The van der Waals surface area contributed by atoms with Gasteiger partial charge in [0.2, 0.25) is 11.7 Å². The molecule has 1 aliphatic carbocycles. The zero-order chi connectivity index (χ0) is 17.4. The lowest BCUT2D eigenvalue weighted by molar-refractivity contribution is 0.110. The fraction of sp³-hybridized carbons (Fsp3) is 0.579. The van der Waals surface area contributed by atoms with E-state index in [9.17, 15) is 9.50 Å². The Kier molecular flexibility index (Phi) is 4.56. The van der Waals surface area contributed by atoms with Crippen LogP contribution in [-0.4, -0.2) is 38.8 Å². The van der Waals surface area contributed by atoms with Crippen molar-refractivity contribution in [2.24, 2.45) is 0 Å². The number of aromatic nitrogens is 2. The quantitative estimate of drug-likeness (QED) is 0.920. The van der Waals surface area contributed by atoms with Crippen LogP contribution >= 0.6 is 0 Å². The van der Waals surface area contributed by atoms with Crippen LogP contribution in [0.15, 0.2) is 22.7 Å². The second-order valence-electron chi connectivity index (χ2n) is 7.31. The molecule has 1 N–H and O–H groups in total. The van der Waals surface area contributed by atoms with E-state index in [1.54, 1.807) is 19.1 Å². The first-order chi connectivity index (χ1) is 12.1. The highest BCUT2D eigenvalue weighted by Gasteiger charge is 2.39. The van der Waals surface area contributed by atoms with Gasteiger partial charge in [0.05, 0.1) is 12.1 Å². The third kappa shape index (κ3) is 3.33. The van der Waals surface area contributed by atoms with Crippen molar-refractivity contribution < 1.29 is 14.0 Å². The first kappa shape index (κ1) is 16.7. The van der Waals surface area contributed by atoms with Crippen LogP contribution in [0.1, 0.15) is 56.0 Å². The highest BCUT2D eigenvalue weighted by Crippen LogP contribution is 2.37. The second-order valence-corrected chi connectivity index (χ2v) is 7.31. The predicted molar refractivity (Wildman–Crippen MR) is 91.4 cm³/mol. The molecule has 2 atom stereocenters. The Morgan fingerprint density at radius 1 is 1.24 bits per heavy atom.